The standard InChI is InChI=1S/C11H16O4/c1-2-8-5-14-11(15-6-8)9-3-4-10(12)13-7-9/h2,8-9,11H,1,3-7H2. The van der Waals surface area contributed by atoms with E-state index in [1.165, 1.54) is 0 Å². The van der Waals surface area contributed by atoms with Crippen LogP contribution in [0.5, 0.6) is 0 Å². The van der Waals surface area contributed by atoms with E-state index in [1.807, 2.05) is 6.08 Å². The van der Waals surface area contributed by atoms with Gasteiger partial charge in [-0.3, -0.25) is 4.79 Å². The first kappa shape index (κ1) is 10.6. The van der Waals surface area contributed by atoms with Gasteiger partial charge in [0.2, 0.25) is 0 Å². The molecule has 2 saturated heterocycles. The van der Waals surface area contributed by atoms with Gasteiger partial charge in [-0.25, -0.2) is 0 Å². The summed E-state index contributed by atoms with van der Waals surface area (Å²) in [5.74, 6) is 0.354. The summed E-state index contributed by atoms with van der Waals surface area (Å²) in [5, 5.41) is 0. The van der Waals surface area contributed by atoms with Gasteiger partial charge in [0.1, 0.15) is 0 Å². The van der Waals surface area contributed by atoms with Crippen LogP contribution in [-0.2, 0) is 19.0 Å². The van der Waals surface area contributed by atoms with Gasteiger partial charge in [-0.05, 0) is 6.42 Å². The summed E-state index contributed by atoms with van der Waals surface area (Å²) in [6.45, 7) is 5.42. The summed E-state index contributed by atoms with van der Waals surface area (Å²) < 4.78 is 16.1. The molecule has 0 saturated carbocycles. The van der Waals surface area contributed by atoms with E-state index in [0.717, 1.165) is 6.42 Å². The van der Waals surface area contributed by atoms with Crippen LogP contribution in [0.2, 0.25) is 0 Å². The Morgan fingerprint density at radius 1 is 1.27 bits per heavy atom. The maximum atomic E-state index is 10.9. The monoisotopic (exact) mass is 212 g/mol. The number of hydrogen-bond acceptors (Lipinski definition) is 4. The van der Waals surface area contributed by atoms with Crippen LogP contribution in [0.15, 0.2) is 12.7 Å². The Morgan fingerprint density at radius 3 is 2.53 bits per heavy atom. The molecule has 15 heavy (non-hydrogen) atoms. The molecule has 0 N–H and O–H groups in total. The molecule has 1 atom stereocenters. The Labute approximate surface area is 89.2 Å². The van der Waals surface area contributed by atoms with Gasteiger partial charge in [0, 0.05) is 18.3 Å². The SMILES string of the molecule is C=CC1COC(C2CCC(=O)OC2)OC1. The molecule has 4 nitrogen and oxygen atoms in total. The molecule has 1 unspecified atom stereocenters. The van der Waals surface area contributed by atoms with Crippen molar-refractivity contribution in [1.29, 1.82) is 0 Å². The van der Waals surface area contributed by atoms with Crippen LogP contribution >= 0.6 is 0 Å². The minimum atomic E-state index is -0.214. The lowest BCUT2D eigenvalue weighted by molar-refractivity contribution is -0.230. The van der Waals surface area contributed by atoms with Gasteiger partial charge in [0.15, 0.2) is 6.29 Å². The second kappa shape index (κ2) is 4.77. The molecule has 2 heterocycles. The van der Waals surface area contributed by atoms with E-state index in [4.69, 9.17) is 14.2 Å². The molecular formula is C11H16O4. The van der Waals surface area contributed by atoms with Crippen molar-refractivity contribution >= 4 is 5.97 Å². The highest BCUT2D eigenvalue weighted by molar-refractivity contribution is 5.69. The molecule has 0 amide bonds. The van der Waals surface area contributed by atoms with Gasteiger partial charge in [-0.2, -0.15) is 0 Å². The third kappa shape index (κ3) is 2.58. The molecule has 4 heteroatoms. The van der Waals surface area contributed by atoms with Crippen LogP contribution in [0.3, 0.4) is 0 Å². The predicted molar refractivity (Wildman–Crippen MR) is 53.1 cm³/mol. The molecule has 84 valence electrons. The molecule has 2 aliphatic heterocycles. The van der Waals surface area contributed by atoms with Gasteiger partial charge in [0.25, 0.3) is 0 Å². The van der Waals surface area contributed by atoms with Crippen LogP contribution in [0.25, 0.3) is 0 Å². The first-order valence-corrected chi connectivity index (χ1v) is 5.31. The third-order valence-corrected chi connectivity index (χ3v) is 2.85. The molecule has 0 bridgehead atoms. The lowest BCUT2D eigenvalue weighted by Gasteiger charge is -2.34. The van der Waals surface area contributed by atoms with Crippen LogP contribution < -0.4 is 0 Å². The van der Waals surface area contributed by atoms with Crippen molar-refractivity contribution in [2.24, 2.45) is 11.8 Å². The fraction of sp³-hybridized carbons (Fsp3) is 0.727. The van der Waals surface area contributed by atoms with Crippen molar-refractivity contribution in [2.75, 3.05) is 19.8 Å². The molecule has 0 aliphatic carbocycles. The van der Waals surface area contributed by atoms with Crippen molar-refractivity contribution in [3.8, 4) is 0 Å². The van der Waals surface area contributed by atoms with Crippen molar-refractivity contribution in [1.82, 2.24) is 0 Å². The average Bonchev–Trinajstić information content (AvgIpc) is 2.30. The number of cyclic esters (lactones) is 1. The van der Waals surface area contributed by atoms with Gasteiger partial charge in [0.05, 0.1) is 19.8 Å². The fourth-order valence-electron chi connectivity index (χ4n) is 1.81. The molecule has 0 radical (unpaired) electrons. The Balaban J connectivity index is 1.80. The minimum absolute atomic E-state index is 0.119. The topological polar surface area (TPSA) is 44.8 Å². The minimum Gasteiger partial charge on any atom is -0.465 e. The van der Waals surface area contributed by atoms with Crippen LogP contribution in [0.4, 0.5) is 0 Å². The maximum Gasteiger partial charge on any atom is 0.305 e. The zero-order chi connectivity index (χ0) is 10.7. The Kier molecular flexibility index (Phi) is 3.38. The third-order valence-electron chi connectivity index (χ3n) is 2.85. The normalized spacial score (nSPS) is 37.1. The second-order valence-electron chi connectivity index (χ2n) is 4.01. The highest BCUT2D eigenvalue weighted by Crippen LogP contribution is 2.25. The van der Waals surface area contributed by atoms with E-state index in [1.54, 1.807) is 0 Å². The molecular weight excluding hydrogens is 196 g/mol. The summed E-state index contributed by atoms with van der Waals surface area (Å²) in [7, 11) is 0. The zero-order valence-corrected chi connectivity index (χ0v) is 8.69. The molecule has 2 aliphatic rings. The lowest BCUT2D eigenvalue weighted by Crippen LogP contribution is -2.40. The summed E-state index contributed by atoms with van der Waals surface area (Å²) in [4.78, 5) is 10.9. The predicted octanol–water partition coefficient (Wildman–Crippen LogP) is 1.11. The fourth-order valence-corrected chi connectivity index (χ4v) is 1.81. The zero-order valence-electron chi connectivity index (χ0n) is 8.69. The number of carbonyl (C=O) groups excluding carboxylic acids is 1. The van der Waals surface area contributed by atoms with Crippen LogP contribution in [-0.4, -0.2) is 32.1 Å². The van der Waals surface area contributed by atoms with Crippen molar-refractivity contribution in [2.45, 2.75) is 19.1 Å². The second-order valence-corrected chi connectivity index (χ2v) is 4.01. The number of carbonyl (C=O) groups is 1. The van der Waals surface area contributed by atoms with Crippen molar-refractivity contribution < 1.29 is 19.0 Å². The van der Waals surface area contributed by atoms with E-state index < -0.39 is 0 Å². The first-order chi connectivity index (χ1) is 7.29. The van der Waals surface area contributed by atoms with Gasteiger partial charge < -0.3 is 14.2 Å². The van der Waals surface area contributed by atoms with Crippen LogP contribution in [0, 0.1) is 11.8 Å². The van der Waals surface area contributed by atoms with Gasteiger partial charge in [-0.1, -0.05) is 6.08 Å². The molecule has 0 aromatic heterocycles. The quantitative estimate of drug-likeness (QED) is 0.508. The summed E-state index contributed by atoms with van der Waals surface area (Å²) in [5.41, 5.74) is 0. The van der Waals surface area contributed by atoms with E-state index in [-0.39, 0.29) is 24.1 Å². The lowest BCUT2D eigenvalue weighted by atomic mass is 10.0. The van der Waals surface area contributed by atoms with E-state index in [0.29, 0.717) is 26.2 Å². The number of esters is 1. The largest absolute Gasteiger partial charge is 0.465 e. The van der Waals surface area contributed by atoms with Crippen LogP contribution in [0.1, 0.15) is 12.8 Å². The van der Waals surface area contributed by atoms with E-state index in [2.05, 4.69) is 6.58 Å². The molecule has 2 fully saturated rings. The summed E-state index contributed by atoms with van der Waals surface area (Å²) in [6.07, 6.45) is 2.90. The highest BCUT2D eigenvalue weighted by Gasteiger charge is 2.32. The highest BCUT2D eigenvalue weighted by atomic mass is 16.7. The first-order valence-electron chi connectivity index (χ1n) is 5.31. The summed E-state index contributed by atoms with van der Waals surface area (Å²) in [6, 6.07) is 0. The van der Waals surface area contributed by atoms with Gasteiger partial charge in [-0.15, -0.1) is 6.58 Å². The number of ether oxygens (including phenoxy) is 3. The van der Waals surface area contributed by atoms with Crippen molar-refractivity contribution in [3.63, 3.8) is 0 Å². The van der Waals surface area contributed by atoms with Gasteiger partial charge >= 0.3 is 5.97 Å². The average molecular weight is 212 g/mol. The Morgan fingerprint density at radius 2 is 2.00 bits per heavy atom. The van der Waals surface area contributed by atoms with E-state index in [9.17, 15) is 4.79 Å². The molecule has 2 rings (SSSR count). The molecule has 0 aromatic rings. The number of hydrogen-bond donors (Lipinski definition) is 0. The number of rotatable bonds is 2. The Hall–Kier alpha value is -0.870. The summed E-state index contributed by atoms with van der Waals surface area (Å²) >= 11 is 0. The van der Waals surface area contributed by atoms with E-state index >= 15 is 0 Å². The Bertz CT molecular complexity index is 233. The maximum absolute atomic E-state index is 10.9. The smallest absolute Gasteiger partial charge is 0.305 e. The molecule has 0 spiro atoms. The van der Waals surface area contributed by atoms with Crippen molar-refractivity contribution in [3.05, 3.63) is 12.7 Å². The molecule has 0 aromatic carbocycles.